The van der Waals surface area contributed by atoms with Gasteiger partial charge in [-0.05, 0) is 55.3 Å². The summed E-state index contributed by atoms with van der Waals surface area (Å²) in [6.07, 6.45) is 1.38. The first kappa shape index (κ1) is 23.8. The molecular formula is C25H24ClN3O4. The maximum absolute atomic E-state index is 12.2. The van der Waals surface area contributed by atoms with Crippen LogP contribution in [0, 0.1) is 13.8 Å². The molecule has 33 heavy (non-hydrogen) atoms. The Labute approximate surface area is 197 Å². The summed E-state index contributed by atoms with van der Waals surface area (Å²) >= 11 is 6.20. The third-order valence-electron chi connectivity index (χ3n) is 4.90. The summed E-state index contributed by atoms with van der Waals surface area (Å²) in [6, 6.07) is 18.0. The summed E-state index contributed by atoms with van der Waals surface area (Å²) in [7, 11) is 1.53. The number of carbonyl (C=O) groups excluding carboxylic acids is 2. The van der Waals surface area contributed by atoms with Crippen molar-refractivity contribution in [1.82, 2.24) is 5.43 Å². The monoisotopic (exact) mass is 465 g/mol. The fourth-order valence-corrected chi connectivity index (χ4v) is 3.12. The second-order valence-corrected chi connectivity index (χ2v) is 7.62. The van der Waals surface area contributed by atoms with Gasteiger partial charge in [0.1, 0.15) is 6.61 Å². The SMILES string of the molecule is COc1cccc(/C=N\NC(=O)C(=O)Nc2ccc(C)c(C)c2)c1OCc1ccccc1Cl. The zero-order valence-corrected chi connectivity index (χ0v) is 19.3. The van der Waals surface area contributed by atoms with E-state index in [4.69, 9.17) is 21.1 Å². The molecule has 2 N–H and O–H groups in total. The molecule has 0 saturated heterocycles. The van der Waals surface area contributed by atoms with Crippen LogP contribution in [0.5, 0.6) is 11.5 Å². The molecule has 0 aliphatic carbocycles. The normalized spacial score (nSPS) is 10.7. The number of carbonyl (C=O) groups is 2. The van der Waals surface area contributed by atoms with Gasteiger partial charge in [-0.2, -0.15) is 5.10 Å². The van der Waals surface area contributed by atoms with E-state index in [2.05, 4.69) is 15.8 Å². The molecule has 3 aromatic carbocycles. The second-order valence-electron chi connectivity index (χ2n) is 7.21. The minimum atomic E-state index is -0.897. The number of nitrogens with zero attached hydrogens (tertiary/aromatic N) is 1. The number of anilines is 1. The fraction of sp³-hybridized carbons (Fsp3) is 0.160. The van der Waals surface area contributed by atoms with Crippen LogP contribution >= 0.6 is 11.6 Å². The van der Waals surface area contributed by atoms with Crippen molar-refractivity contribution >= 4 is 35.3 Å². The highest BCUT2D eigenvalue weighted by molar-refractivity contribution is 6.39. The molecule has 0 fully saturated rings. The lowest BCUT2D eigenvalue weighted by molar-refractivity contribution is -0.136. The molecule has 0 heterocycles. The Morgan fingerprint density at radius 3 is 2.52 bits per heavy atom. The second kappa shape index (κ2) is 11.2. The number of ether oxygens (including phenoxy) is 2. The number of rotatable bonds is 7. The van der Waals surface area contributed by atoms with Crippen LogP contribution in [0.4, 0.5) is 5.69 Å². The van der Waals surface area contributed by atoms with E-state index in [0.717, 1.165) is 16.7 Å². The van der Waals surface area contributed by atoms with Gasteiger partial charge in [-0.25, -0.2) is 5.43 Å². The molecule has 0 spiro atoms. The maximum atomic E-state index is 12.2. The van der Waals surface area contributed by atoms with E-state index in [-0.39, 0.29) is 6.61 Å². The van der Waals surface area contributed by atoms with Crippen molar-refractivity contribution < 1.29 is 19.1 Å². The zero-order chi connectivity index (χ0) is 23.8. The smallest absolute Gasteiger partial charge is 0.329 e. The molecule has 0 radical (unpaired) electrons. The average Bonchev–Trinajstić information content (AvgIpc) is 2.81. The zero-order valence-electron chi connectivity index (χ0n) is 18.5. The highest BCUT2D eigenvalue weighted by Crippen LogP contribution is 2.31. The van der Waals surface area contributed by atoms with Gasteiger partial charge in [0.05, 0.1) is 13.3 Å². The standard InChI is InChI=1S/C25H24ClN3O4/c1-16-11-12-20(13-17(16)2)28-24(30)25(31)29-27-14-18-8-6-10-22(32-3)23(18)33-15-19-7-4-5-9-21(19)26/h4-14H,15H2,1-3H3,(H,28,30)(H,29,31)/b27-14-. The summed E-state index contributed by atoms with van der Waals surface area (Å²) in [5.41, 5.74) is 6.22. The maximum Gasteiger partial charge on any atom is 0.329 e. The van der Waals surface area contributed by atoms with Gasteiger partial charge in [0, 0.05) is 21.8 Å². The predicted molar refractivity (Wildman–Crippen MR) is 129 cm³/mol. The van der Waals surface area contributed by atoms with Crippen LogP contribution in [-0.4, -0.2) is 25.1 Å². The van der Waals surface area contributed by atoms with Crippen LogP contribution in [0.1, 0.15) is 22.3 Å². The number of amides is 2. The molecule has 7 nitrogen and oxygen atoms in total. The van der Waals surface area contributed by atoms with E-state index in [1.54, 1.807) is 36.4 Å². The minimum absolute atomic E-state index is 0.214. The predicted octanol–water partition coefficient (Wildman–Crippen LogP) is 4.63. The quantitative estimate of drug-likeness (QED) is 0.302. The van der Waals surface area contributed by atoms with E-state index >= 15 is 0 Å². The van der Waals surface area contributed by atoms with Crippen LogP contribution < -0.4 is 20.2 Å². The number of benzene rings is 3. The first-order chi connectivity index (χ1) is 15.9. The van der Waals surface area contributed by atoms with Gasteiger partial charge in [-0.1, -0.05) is 41.9 Å². The largest absolute Gasteiger partial charge is 0.493 e. The summed E-state index contributed by atoms with van der Waals surface area (Å²) in [6.45, 7) is 4.11. The number of aryl methyl sites for hydroxylation is 2. The lowest BCUT2D eigenvalue weighted by atomic mass is 10.1. The Morgan fingerprint density at radius 2 is 1.79 bits per heavy atom. The first-order valence-corrected chi connectivity index (χ1v) is 10.5. The molecule has 3 aromatic rings. The molecule has 0 aromatic heterocycles. The Morgan fingerprint density at radius 1 is 1.00 bits per heavy atom. The Kier molecular flexibility index (Phi) is 8.05. The summed E-state index contributed by atoms with van der Waals surface area (Å²) in [5, 5.41) is 7.03. The summed E-state index contributed by atoms with van der Waals surface area (Å²) in [4.78, 5) is 24.3. The number of halogens is 1. The van der Waals surface area contributed by atoms with E-state index < -0.39 is 11.8 Å². The highest BCUT2D eigenvalue weighted by Gasteiger charge is 2.14. The van der Waals surface area contributed by atoms with E-state index in [9.17, 15) is 9.59 Å². The Balaban J connectivity index is 1.67. The third-order valence-corrected chi connectivity index (χ3v) is 5.27. The van der Waals surface area contributed by atoms with Crippen molar-refractivity contribution in [3.05, 3.63) is 87.9 Å². The average molecular weight is 466 g/mol. The van der Waals surface area contributed by atoms with Gasteiger partial charge < -0.3 is 14.8 Å². The molecule has 170 valence electrons. The molecular weight excluding hydrogens is 442 g/mol. The van der Waals surface area contributed by atoms with Crippen LogP contribution in [0.25, 0.3) is 0 Å². The molecule has 2 amide bonds. The van der Waals surface area contributed by atoms with Crippen LogP contribution in [-0.2, 0) is 16.2 Å². The molecule has 0 aliphatic heterocycles. The van der Waals surface area contributed by atoms with Crippen molar-refractivity contribution in [3.8, 4) is 11.5 Å². The molecule has 0 bridgehead atoms. The van der Waals surface area contributed by atoms with Crippen LogP contribution in [0.15, 0.2) is 65.8 Å². The number of hydrazone groups is 1. The van der Waals surface area contributed by atoms with Crippen LogP contribution in [0.2, 0.25) is 5.02 Å². The minimum Gasteiger partial charge on any atom is -0.493 e. The third kappa shape index (κ3) is 6.33. The van der Waals surface area contributed by atoms with Crippen LogP contribution in [0.3, 0.4) is 0 Å². The molecule has 0 unspecified atom stereocenters. The van der Waals surface area contributed by atoms with E-state index in [1.807, 2.05) is 38.1 Å². The van der Waals surface area contributed by atoms with Crippen molar-refractivity contribution in [3.63, 3.8) is 0 Å². The topological polar surface area (TPSA) is 89.0 Å². The van der Waals surface area contributed by atoms with Crippen molar-refractivity contribution in [2.75, 3.05) is 12.4 Å². The van der Waals surface area contributed by atoms with Gasteiger partial charge in [-0.15, -0.1) is 0 Å². The Hall–Kier alpha value is -3.84. The molecule has 0 saturated carbocycles. The summed E-state index contributed by atoms with van der Waals surface area (Å²) < 4.78 is 11.3. The summed E-state index contributed by atoms with van der Waals surface area (Å²) in [5.74, 6) is -0.801. The highest BCUT2D eigenvalue weighted by atomic mass is 35.5. The lowest BCUT2D eigenvalue weighted by Crippen LogP contribution is -2.32. The molecule has 8 heteroatoms. The number of hydrogen-bond donors (Lipinski definition) is 2. The molecule has 3 rings (SSSR count). The van der Waals surface area contributed by atoms with Gasteiger partial charge in [0.25, 0.3) is 0 Å². The first-order valence-electron chi connectivity index (χ1n) is 10.1. The van der Waals surface area contributed by atoms with Gasteiger partial charge in [-0.3, -0.25) is 9.59 Å². The van der Waals surface area contributed by atoms with Gasteiger partial charge in [0.15, 0.2) is 11.5 Å². The van der Waals surface area contributed by atoms with Crippen molar-refractivity contribution in [2.24, 2.45) is 5.10 Å². The Bertz CT molecular complexity index is 1190. The van der Waals surface area contributed by atoms with Crippen molar-refractivity contribution in [2.45, 2.75) is 20.5 Å². The van der Waals surface area contributed by atoms with E-state index in [1.165, 1.54) is 13.3 Å². The number of nitrogens with one attached hydrogen (secondary N) is 2. The number of para-hydroxylation sites is 1. The lowest BCUT2D eigenvalue weighted by Gasteiger charge is -2.13. The molecule has 0 aliphatic rings. The van der Waals surface area contributed by atoms with E-state index in [0.29, 0.717) is 27.8 Å². The molecule has 0 atom stereocenters. The van der Waals surface area contributed by atoms with Crippen molar-refractivity contribution in [1.29, 1.82) is 0 Å². The fourth-order valence-electron chi connectivity index (χ4n) is 2.93. The number of methoxy groups -OCH3 is 1. The van der Waals surface area contributed by atoms with Gasteiger partial charge >= 0.3 is 11.8 Å². The number of hydrogen-bond acceptors (Lipinski definition) is 5. The van der Waals surface area contributed by atoms with Gasteiger partial charge in [0.2, 0.25) is 0 Å².